The van der Waals surface area contributed by atoms with Crippen molar-refractivity contribution in [3.8, 4) is 11.5 Å². The SMILES string of the molecule is COc1cc(C/C(=C/CO[Si](c2ccccc2)(c2ccccc2)C(C)(C)C)CO)ccc1OS(C)(=O)=O. The first-order valence-electron chi connectivity index (χ1n) is 12.1. The third-order valence-electron chi connectivity index (χ3n) is 6.19. The molecular formula is C29H36O6SSi. The van der Waals surface area contributed by atoms with Crippen LogP contribution in [0.25, 0.3) is 0 Å². The van der Waals surface area contributed by atoms with Crippen LogP contribution in [-0.2, 0) is 21.0 Å². The second-order valence-electron chi connectivity index (χ2n) is 9.94. The molecule has 0 spiro atoms. The summed E-state index contributed by atoms with van der Waals surface area (Å²) in [6.07, 6.45) is 3.38. The van der Waals surface area contributed by atoms with E-state index >= 15 is 0 Å². The van der Waals surface area contributed by atoms with E-state index in [2.05, 4.69) is 69.3 Å². The van der Waals surface area contributed by atoms with E-state index in [9.17, 15) is 13.5 Å². The number of benzene rings is 3. The minimum absolute atomic E-state index is 0.123. The summed E-state index contributed by atoms with van der Waals surface area (Å²) in [5, 5.41) is 12.3. The predicted molar refractivity (Wildman–Crippen MR) is 151 cm³/mol. The lowest BCUT2D eigenvalue weighted by atomic mass is 10.0. The topological polar surface area (TPSA) is 82.1 Å². The van der Waals surface area contributed by atoms with Crippen molar-refractivity contribution in [3.05, 3.63) is 96.1 Å². The molecule has 0 aliphatic carbocycles. The molecule has 0 amide bonds. The van der Waals surface area contributed by atoms with Crippen LogP contribution in [0.15, 0.2) is 90.5 Å². The minimum Gasteiger partial charge on any atom is -0.493 e. The van der Waals surface area contributed by atoms with E-state index in [0.717, 1.165) is 17.4 Å². The molecule has 3 rings (SSSR count). The first kappa shape index (κ1) is 28.7. The summed E-state index contributed by atoms with van der Waals surface area (Å²) in [4.78, 5) is 0. The summed E-state index contributed by atoms with van der Waals surface area (Å²) in [6, 6.07) is 25.8. The van der Waals surface area contributed by atoms with Gasteiger partial charge in [-0.05, 0) is 45.1 Å². The Balaban J connectivity index is 1.90. The van der Waals surface area contributed by atoms with Crippen molar-refractivity contribution in [2.45, 2.75) is 32.2 Å². The van der Waals surface area contributed by atoms with Gasteiger partial charge in [-0.1, -0.05) is 93.6 Å². The molecule has 0 aliphatic heterocycles. The molecule has 0 unspecified atom stereocenters. The van der Waals surface area contributed by atoms with Crippen LogP contribution in [0, 0.1) is 0 Å². The highest BCUT2D eigenvalue weighted by Gasteiger charge is 2.49. The fraction of sp³-hybridized carbons (Fsp3) is 0.310. The zero-order valence-corrected chi connectivity index (χ0v) is 23.9. The van der Waals surface area contributed by atoms with E-state index in [4.69, 9.17) is 13.3 Å². The van der Waals surface area contributed by atoms with Crippen LogP contribution >= 0.6 is 0 Å². The Kier molecular flexibility index (Phi) is 9.36. The number of rotatable bonds is 11. The Morgan fingerprint density at radius 2 is 1.49 bits per heavy atom. The molecule has 37 heavy (non-hydrogen) atoms. The molecule has 8 heteroatoms. The fourth-order valence-corrected chi connectivity index (χ4v) is 9.51. The molecule has 0 fully saturated rings. The van der Waals surface area contributed by atoms with Crippen molar-refractivity contribution in [2.24, 2.45) is 0 Å². The Hall–Kier alpha value is -2.91. The standard InChI is InChI=1S/C29H36O6SSi/c1-29(2,3)37(25-12-8-6-9-13-25,26-14-10-7-11-15-26)34-19-18-24(22-30)20-23-16-17-27(28(21-23)33-4)35-36(5,31)32/h6-18,21,30H,19-20,22H2,1-5H3/b24-18-. The lowest BCUT2D eigenvalue weighted by Gasteiger charge is -2.42. The van der Waals surface area contributed by atoms with E-state index in [0.29, 0.717) is 18.8 Å². The van der Waals surface area contributed by atoms with Crippen LogP contribution in [0.4, 0.5) is 0 Å². The van der Waals surface area contributed by atoms with Crippen LogP contribution in [0.1, 0.15) is 26.3 Å². The largest absolute Gasteiger partial charge is 0.493 e. The molecule has 0 aromatic heterocycles. The molecule has 0 saturated heterocycles. The third kappa shape index (κ3) is 7.10. The number of aliphatic hydroxyl groups is 1. The number of methoxy groups -OCH3 is 1. The van der Waals surface area contributed by atoms with Crippen molar-refractivity contribution in [3.63, 3.8) is 0 Å². The first-order valence-corrected chi connectivity index (χ1v) is 15.8. The molecule has 198 valence electrons. The van der Waals surface area contributed by atoms with Gasteiger partial charge in [-0.2, -0.15) is 8.42 Å². The summed E-state index contributed by atoms with van der Waals surface area (Å²) in [6.45, 7) is 6.89. The Labute approximate surface area is 221 Å². The highest BCUT2D eigenvalue weighted by Crippen LogP contribution is 2.37. The zero-order chi connectivity index (χ0) is 27.1. The first-order chi connectivity index (χ1) is 17.5. The second kappa shape index (κ2) is 12.1. The smallest absolute Gasteiger partial charge is 0.306 e. The highest BCUT2D eigenvalue weighted by molar-refractivity contribution is 7.86. The normalized spacial score (nSPS) is 12.9. The van der Waals surface area contributed by atoms with Crippen molar-refractivity contribution in [2.75, 3.05) is 26.6 Å². The van der Waals surface area contributed by atoms with E-state index in [1.54, 1.807) is 18.2 Å². The molecule has 0 bridgehead atoms. The van der Waals surface area contributed by atoms with Crippen molar-refractivity contribution >= 4 is 28.8 Å². The molecule has 0 heterocycles. The molecule has 6 nitrogen and oxygen atoms in total. The van der Waals surface area contributed by atoms with Gasteiger partial charge < -0.3 is 18.5 Å². The van der Waals surface area contributed by atoms with Gasteiger partial charge >= 0.3 is 10.1 Å². The van der Waals surface area contributed by atoms with Gasteiger partial charge in [-0.15, -0.1) is 0 Å². The Morgan fingerprint density at radius 1 is 0.919 bits per heavy atom. The minimum atomic E-state index is -3.68. The maximum Gasteiger partial charge on any atom is 0.306 e. The molecule has 0 aliphatic rings. The summed E-state index contributed by atoms with van der Waals surface area (Å²) in [5.74, 6) is 0.432. The molecule has 1 N–H and O–H groups in total. The maximum absolute atomic E-state index is 11.5. The monoisotopic (exact) mass is 540 g/mol. The van der Waals surface area contributed by atoms with Crippen molar-refractivity contribution in [1.29, 1.82) is 0 Å². The van der Waals surface area contributed by atoms with Crippen LogP contribution in [0.2, 0.25) is 5.04 Å². The fourth-order valence-electron chi connectivity index (χ4n) is 4.55. The van der Waals surface area contributed by atoms with Gasteiger partial charge in [0.1, 0.15) is 0 Å². The quantitative estimate of drug-likeness (QED) is 0.224. The van der Waals surface area contributed by atoms with Crippen LogP contribution in [0.5, 0.6) is 11.5 Å². The van der Waals surface area contributed by atoms with Crippen molar-refractivity contribution in [1.82, 2.24) is 0 Å². The van der Waals surface area contributed by atoms with Gasteiger partial charge in [-0.25, -0.2) is 0 Å². The van der Waals surface area contributed by atoms with Crippen LogP contribution < -0.4 is 19.3 Å². The van der Waals surface area contributed by atoms with Gasteiger partial charge in [0.15, 0.2) is 11.5 Å². The van der Waals surface area contributed by atoms with Crippen LogP contribution in [0.3, 0.4) is 0 Å². The number of hydrogen-bond donors (Lipinski definition) is 1. The molecule has 0 saturated carbocycles. The molecule has 0 radical (unpaired) electrons. The van der Waals surface area contributed by atoms with Gasteiger partial charge in [0, 0.05) is 0 Å². The summed E-state index contributed by atoms with van der Waals surface area (Å²) >= 11 is 0. The predicted octanol–water partition coefficient (Wildman–Crippen LogP) is 4.07. The number of ether oxygens (including phenoxy) is 1. The van der Waals surface area contributed by atoms with Gasteiger partial charge in [0.2, 0.25) is 0 Å². The Morgan fingerprint density at radius 3 is 1.95 bits per heavy atom. The van der Waals surface area contributed by atoms with E-state index in [-0.39, 0.29) is 17.4 Å². The summed E-state index contributed by atoms with van der Waals surface area (Å²) in [7, 11) is -4.91. The van der Waals surface area contributed by atoms with E-state index in [1.807, 2.05) is 18.2 Å². The van der Waals surface area contributed by atoms with E-state index in [1.165, 1.54) is 17.5 Å². The maximum atomic E-state index is 11.5. The molecule has 0 atom stereocenters. The van der Waals surface area contributed by atoms with Crippen LogP contribution in [-0.4, -0.2) is 48.4 Å². The highest BCUT2D eigenvalue weighted by atomic mass is 32.2. The van der Waals surface area contributed by atoms with Gasteiger partial charge in [0.25, 0.3) is 8.32 Å². The lowest BCUT2D eigenvalue weighted by molar-refractivity contribution is 0.317. The second-order valence-corrected chi connectivity index (χ2v) is 15.8. The van der Waals surface area contributed by atoms with E-state index < -0.39 is 18.4 Å². The number of aliphatic hydroxyl groups excluding tert-OH is 1. The summed E-state index contributed by atoms with van der Waals surface area (Å²) < 4.78 is 40.3. The number of hydrogen-bond acceptors (Lipinski definition) is 6. The lowest BCUT2D eigenvalue weighted by Crippen LogP contribution is -2.66. The van der Waals surface area contributed by atoms with Crippen molar-refractivity contribution < 1.29 is 26.9 Å². The molecule has 3 aromatic rings. The third-order valence-corrected chi connectivity index (χ3v) is 11.7. The van der Waals surface area contributed by atoms with Gasteiger partial charge in [0.05, 0.1) is 26.6 Å². The average Bonchev–Trinajstić information content (AvgIpc) is 2.86. The van der Waals surface area contributed by atoms with Gasteiger partial charge in [-0.3, -0.25) is 0 Å². The average molecular weight is 541 g/mol. The molecular weight excluding hydrogens is 504 g/mol. The Bertz CT molecular complexity index is 1260. The molecule has 3 aromatic carbocycles. The summed E-state index contributed by atoms with van der Waals surface area (Å²) in [5.41, 5.74) is 1.64. The zero-order valence-electron chi connectivity index (χ0n) is 22.1.